The first-order valence-corrected chi connectivity index (χ1v) is 8.54. The Bertz CT molecular complexity index is 597. The lowest BCUT2D eigenvalue weighted by Gasteiger charge is -2.13. The SMILES string of the molecule is COc1ccccc1SCc1nnc2n1CCCCCC2. The van der Waals surface area contributed by atoms with Crippen molar-refractivity contribution < 1.29 is 4.74 Å². The summed E-state index contributed by atoms with van der Waals surface area (Å²) >= 11 is 1.77. The van der Waals surface area contributed by atoms with Crippen molar-refractivity contribution in [2.75, 3.05) is 7.11 Å². The number of para-hydroxylation sites is 1. The van der Waals surface area contributed by atoms with Gasteiger partial charge in [0, 0.05) is 17.9 Å². The first-order chi connectivity index (χ1) is 10.4. The largest absolute Gasteiger partial charge is 0.496 e. The maximum Gasteiger partial charge on any atom is 0.143 e. The van der Waals surface area contributed by atoms with Crippen molar-refractivity contribution in [2.24, 2.45) is 0 Å². The highest BCUT2D eigenvalue weighted by atomic mass is 32.2. The van der Waals surface area contributed by atoms with E-state index in [9.17, 15) is 0 Å². The Morgan fingerprint density at radius 1 is 1.14 bits per heavy atom. The average molecular weight is 303 g/mol. The zero-order chi connectivity index (χ0) is 14.5. The first kappa shape index (κ1) is 14.4. The lowest BCUT2D eigenvalue weighted by atomic mass is 10.1. The van der Waals surface area contributed by atoms with E-state index in [2.05, 4.69) is 20.8 Å². The molecular weight excluding hydrogens is 282 g/mol. The minimum absolute atomic E-state index is 0.841. The molecule has 0 N–H and O–H groups in total. The molecule has 3 rings (SSSR count). The molecule has 0 bridgehead atoms. The van der Waals surface area contributed by atoms with Crippen LogP contribution in [-0.4, -0.2) is 21.9 Å². The van der Waals surface area contributed by atoms with Crippen LogP contribution in [-0.2, 0) is 18.7 Å². The van der Waals surface area contributed by atoms with Crippen LogP contribution in [0.2, 0.25) is 0 Å². The lowest BCUT2D eigenvalue weighted by Crippen LogP contribution is -2.10. The summed E-state index contributed by atoms with van der Waals surface area (Å²) in [6.45, 7) is 1.06. The van der Waals surface area contributed by atoms with E-state index in [1.54, 1.807) is 18.9 Å². The summed E-state index contributed by atoms with van der Waals surface area (Å²) in [5.74, 6) is 4.01. The van der Waals surface area contributed by atoms with E-state index in [0.29, 0.717) is 0 Å². The summed E-state index contributed by atoms with van der Waals surface area (Å²) in [7, 11) is 1.71. The van der Waals surface area contributed by atoms with Crippen LogP contribution in [0.1, 0.15) is 37.3 Å². The van der Waals surface area contributed by atoms with Gasteiger partial charge in [-0.1, -0.05) is 25.0 Å². The third-order valence-electron chi connectivity index (χ3n) is 3.86. The van der Waals surface area contributed by atoms with Gasteiger partial charge in [0.25, 0.3) is 0 Å². The zero-order valence-corrected chi connectivity index (χ0v) is 13.2. The van der Waals surface area contributed by atoms with Crippen LogP contribution >= 0.6 is 11.8 Å². The summed E-state index contributed by atoms with van der Waals surface area (Å²) in [4.78, 5) is 1.16. The van der Waals surface area contributed by atoms with Gasteiger partial charge < -0.3 is 9.30 Å². The van der Waals surface area contributed by atoms with E-state index in [1.807, 2.05) is 18.2 Å². The van der Waals surface area contributed by atoms with E-state index in [0.717, 1.165) is 41.0 Å². The van der Waals surface area contributed by atoms with Crippen LogP contribution in [0.4, 0.5) is 0 Å². The second-order valence-electron chi connectivity index (χ2n) is 5.29. The molecule has 0 saturated heterocycles. The third kappa shape index (κ3) is 3.40. The molecule has 0 radical (unpaired) electrons. The van der Waals surface area contributed by atoms with Gasteiger partial charge in [0.15, 0.2) is 0 Å². The van der Waals surface area contributed by atoms with E-state index in [1.165, 1.54) is 25.7 Å². The molecule has 0 saturated carbocycles. The second kappa shape index (κ2) is 6.98. The average Bonchev–Trinajstić information content (AvgIpc) is 2.86. The zero-order valence-electron chi connectivity index (χ0n) is 12.4. The normalized spacial score (nSPS) is 15.1. The molecule has 2 heterocycles. The summed E-state index contributed by atoms with van der Waals surface area (Å²) in [6.07, 6.45) is 6.16. The van der Waals surface area contributed by atoms with Gasteiger partial charge >= 0.3 is 0 Å². The number of hydrogen-bond donors (Lipinski definition) is 0. The van der Waals surface area contributed by atoms with Gasteiger partial charge in [-0.2, -0.15) is 0 Å². The number of benzene rings is 1. The molecule has 0 atom stereocenters. The van der Waals surface area contributed by atoms with Crippen LogP contribution in [0, 0.1) is 0 Å². The number of ether oxygens (including phenoxy) is 1. The third-order valence-corrected chi connectivity index (χ3v) is 4.91. The molecule has 5 heteroatoms. The standard InChI is InChI=1S/C16H21N3OS/c1-20-13-8-5-6-9-14(13)21-12-16-18-17-15-10-4-2-3-7-11-19(15)16/h5-6,8-9H,2-4,7,10-12H2,1H3. The summed E-state index contributed by atoms with van der Waals surface area (Å²) in [5.41, 5.74) is 0. The molecule has 0 aliphatic carbocycles. The van der Waals surface area contributed by atoms with Gasteiger partial charge in [-0.15, -0.1) is 22.0 Å². The second-order valence-corrected chi connectivity index (χ2v) is 6.31. The Hall–Kier alpha value is -1.49. The fourth-order valence-electron chi connectivity index (χ4n) is 2.71. The number of nitrogens with zero attached hydrogens (tertiary/aromatic N) is 3. The molecule has 1 aliphatic heterocycles. The monoisotopic (exact) mass is 303 g/mol. The molecule has 21 heavy (non-hydrogen) atoms. The first-order valence-electron chi connectivity index (χ1n) is 7.55. The van der Waals surface area contributed by atoms with Crippen molar-refractivity contribution in [3.63, 3.8) is 0 Å². The van der Waals surface area contributed by atoms with Gasteiger partial charge in [0.1, 0.15) is 17.4 Å². The van der Waals surface area contributed by atoms with Crippen molar-refractivity contribution in [3.8, 4) is 5.75 Å². The molecule has 0 unspecified atom stereocenters. The van der Waals surface area contributed by atoms with Crippen molar-refractivity contribution in [3.05, 3.63) is 35.9 Å². The Morgan fingerprint density at radius 3 is 2.90 bits per heavy atom. The number of hydrogen-bond acceptors (Lipinski definition) is 4. The minimum Gasteiger partial charge on any atom is -0.496 e. The maximum atomic E-state index is 5.40. The van der Waals surface area contributed by atoms with Gasteiger partial charge in [0.2, 0.25) is 0 Å². The number of methoxy groups -OCH3 is 1. The van der Waals surface area contributed by atoms with E-state index in [-0.39, 0.29) is 0 Å². The van der Waals surface area contributed by atoms with Crippen LogP contribution in [0.25, 0.3) is 0 Å². The molecular formula is C16H21N3OS. The Balaban J connectivity index is 1.73. The molecule has 0 fully saturated rings. The van der Waals surface area contributed by atoms with Crippen LogP contribution in [0.3, 0.4) is 0 Å². The van der Waals surface area contributed by atoms with Crippen molar-refractivity contribution in [1.82, 2.24) is 14.8 Å². The molecule has 2 aromatic rings. The van der Waals surface area contributed by atoms with Gasteiger partial charge in [-0.25, -0.2) is 0 Å². The molecule has 4 nitrogen and oxygen atoms in total. The van der Waals surface area contributed by atoms with Crippen LogP contribution in [0.15, 0.2) is 29.2 Å². The van der Waals surface area contributed by atoms with Gasteiger partial charge in [0.05, 0.1) is 12.9 Å². The smallest absolute Gasteiger partial charge is 0.143 e. The Morgan fingerprint density at radius 2 is 2.00 bits per heavy atom. The molecule has 1 aliphatic rings. The number of aromatic nitrogens is 3. The quantitative estimate of drug-likeness (QED) is 0.808. The molecule has 112 valence electrons. The Kier molecular flexibility index (Phi) is 4.80. The van der Waals surface area contributed by atoms with Crippen LogP contribution < -0.4 is 4.74 Å². The van der Waals surface area contributed by atoms with Gasteiger partial charge in [-0.3, -0.25) is 0 Å². The lowest BCUT2D eigenvalue weighted by molar-refractivity contribution is 0.405. The molecule has 0 amide bonds. The summed E-state index contributed by atoms with van der Waals surface area (Å²) < 4.78 is 7.72. The Labute approximate surface area is 129 Å². The van der Waals surface area contributed by atoms with Crippen molar-refractivity contribution >= 4 is 11.8 Å². The summed E-state index contributed by atoms with van der Waals surface area (Å²) in [6, 6.07) is 8.12. The predicted molar refractivity (Wildman–Crippen MR) is 84.7 cm³/mol. The van der Waals surface area contributed by atoms with E-state index < -0.39 is 0 Å². The number of aryl methyl sites for hydroxylation is 1. The molecule has 1 aromatic carbocycles. The van der Waals surface area contributed by atoms with Gasteiger partial charge in [-0.05, 0) is 25.0 Å². The maximum absolute atomic E-state index is 5.40. The fourth-order valence-corrected chi connectivity index (χ4v) is 3.68. The van der Waals surface area contributed by atoms with Crippen molar-refractivity contribution in [1.29, 1.82) is 0 Å². The number of rotatable bonds is 4. The minimum atomic E-state index is 0.841. The van der Waals surface area contributed by atoms with E-state index >= 15 is 0 Å². The highest BCUT2D eigenvalue weighted by Gasteiger charge is 2.14. The molecule has 0 spiro atoms. The highest BCUT2D eigenvalue weighted by molar-refractivity contribution is 7.98. The fraction of sp³-hybridized carbons (Fsp3) is 0.500. The number of thioether (sulfide) groups is 1. The van der Waals surface area contributed by atoms with Crippen LogP contribution in [0.5, 0.6) is 5.75 Å². The highest BCUT2D eigenvalue weighted by Crippen LogP contribution is 2.31. The van der Waals surface area contributed by atoms with E-state index in [4.69, 9.17) is 4.74 Å². The predicted octanol–water partition coefficient (Wildman–Crippen LogP) is 3.70. The number of fused-ring (bicyclic) bond motifs is 1. The summed E-state index contributed by atoms with van der Waals surface area (Å²) in [5, 5.41) is 8.78. The topological polar surface area (TPSA) is 39.9 Å². The molecule has 1 aromatic heterocycles. The van der Waals surface area contributed by atoms with Crippen molar-refractivity contribution in [2.45, 2.75) is 49.3 Å².